The van der Waals surface area contributed by atoms with Gasteiger partial charge in [-0.15, -0.1) is 0 Å². The zero-order valence-electron chi connectivity index (χ0n) is 14.8. The lowest BCUT2D eigenvalue weighted by molar-refractivity contribution is 0.535. The molecule has 3 heterocycles. The first-order chi connectivity index (χ1) is 13.7. The van der Waals surface area contributed by atoms with E-state index in [9.17, 15) is 0 Å². The average molecular weight is 409 g/mol. The molecular weight excluding hydrogens is 392 g/mol. The van der Waals surface area contributed by atoms with Gasteiger partial charge in [-0.1, -0.05) is 29.8 Å². The Balaban J connectivity index is 1.53. The van der Waals surface area contributed by atoms with E-state index in [0.717, 1.165) is 33.9 Å². The first-order valence-corrected chi connectivity index (χ1v) is 9.77. The van der Waals surface area contributed by atoms with Crippen molar-refractivity contribution in [1.82, 2.24) is 30.6 Å². The molecule has 140 valence electrons. The van der Waals surface area contributed by atoms with Crippen molar-refractivity contribution in [3.8, 4) is 5.69 Å². The molecule has 1 saturated heterocycles. The lowest BCUT2D eigenvalue weighted by atomic mass is 10.0. The molecule has 1 fully saturated rings. The van der Waals surface area contributed by atoms with E-state index in [1.807, 2.05) is 59.2 Å². The molecule has 4 aromatic rings. The summed E-state index contributed by atoms with van der Waals surface area (Å²) in [6.45, 7) is 0. The van der Waals surface area contributed by atoms with Crippen LogP contribution < -0.4 is 10.9 Å². The Labute approximate surface area is 171 Å². The molecule has 2 aromatic carbocycles. The van der Waals surface area contributed by atoms with Crippen LogP contribution in [0.25, 0.3) is 16.6 Å². The number of aromatic nitrogens is 4. The van der Waals surface area contributed by atoms with Crippen LogP contribution in [0.15, 0.2) is 60.8 Å². The summed E-state index contributed by atoms with van der Waals surface area (Å²) in [5.74, 6) is 0.838. The minimum atomic E-state index is 0.000514. The van der Waals surface area contributed by atoms with Gasteiger partial charge in [-0.25, -0.2) is 10.9 Å². The predicted molar refractivity (Wildman–Crippen MR) is 112 cm³/mol. The Morgan fingerprint density at radius 3 is 2.68 bits per heavy atom. The summed E-state index contributed by atoms with van der Waals surface area (Å²) in [5.41, 5.74) is 9.78. The number of nitrogens with zero attached hydrogens (tertiary/aromatic N) is 3. The van der Waals surface area contributed by atoms with Gasteiger partial charge in [0.2, 0.25) is 0 Å². The number of rotatable bonds is 3. The van der Waals surface area contributed by atoms with Crippen LogP contribution in [-0.4, -0.2) is 19.7 Å². The van der Waals surface area contributed by atoms with Crippen molar-refractivity contribution >= 4 is 34.7 Å². The topological polar surface area (TPSA) is 70.6 Å². The van der Waals surface area contributed by atoms with Crippen LogP contribution in [0, 0.1) is 4.77 Å². The molecule has 0 saturated carbocycles. The second-order valence-corrected chi connectivity index (χ2v) is 7.57. The van der Waals surface area contributed by atoms with Crippen molar-refractivity contribution in [2.75, 3.05) is 0 Å². The molecule has 8 heteroatoms. The largest absolute Gasteiger partial charge is 0.270 e. The molecule has 0 radical (unpaired) electrons. The summed E-state index contributed by atoms with van der Waals surface area (Å²) in [6.07, 6.45) is 2.63. The smallest absolute Gasteiger partial charge is 0.199 e. The van der Waals surface area contributed by atoms with Gasteiger partial charge in [0.1, 0.15) is 0 Å². The molecule has 28 heavy (non-hydrogen) atoms. The summed E-state index contributed by atoms with van der Waals surface area (Å²) >= 11 is 11.6. The van der Waals surface area contributed by atoms with E-state index < -0.39 is 0 Å². The Kier molecular flexibility index (Phi) is 4.44. The van der Waals surface area contributed by atoms with Gasteiger partial charge in [-0.05, 0) is 60.6 Å². The third-order valence-electron chi connectivity index (χ3n) is 5.05. The molecule has 5 rings (SSSR count). The van der Waals surface area contributed by atoms with Crippen molar-refractivity contribution in [3.05, 3.63) is 82.0 Å². The summed E-state index contributed by atoms with van der Waals surface area (Å²) in [4.78, 5) is 4.45. The number of nitrogens with one attached hydrogen (secondary N) is 3. The lowest BCUT2D eigenvalue weighted by Gasteiger charge is -2.13. The summed E-state index contributed by atoms with van der Waals surface area (Å²) < 4.78 is 2.55. The van der Waals surface area contributed by atoms with Gasteiger partial charge < -0.3 is 0 Å². The highest BCUT2D eigenvalue weighted by Gasteiger charge is 2.30. The van der Waals surface area contributed by atoms with Gasteiger partial charge in [0.15, 0.2) is 10.6 Å². The molecule has 0 bridgehead atoms. The van der Waals surface area contributed by atoms with E-state index >= 15 is 0 Å². The van der Waals surface area contributed by atoms with Crippen molar-refractivity contribution in [2.45, 2.75) is 18.5 Å². The van der Waals surface area contributed by atoms with E-state index in [1.165, 1.54) is 5.56 Å². The average Bonchev–Trinajstić information content (AvgIpc) is 3.35. The lowest BCUT2D eigenvalue weighted by Crippen LogP contribution is -2.28. The van der Waals surface area contributed by atoms with E-state index in [0.29, 0.717) is 4.77 Å². The first-order valence-electron chi connectivity index (χ1n) is 8.98. The van der Waals surface area contributed by atoms with Gasteiger partial charge in [0.25, 0.3) is 0 Å². The maximum Gasteiger partial charge on any atom is 0.199 e. The van der Waals surface area contributed by atoms with Gasteiger partial charge in [-0.2, -0.15) is 5.10 Å². The maximum absolute atomic E-state index is 6.01. The standard InChI is InChI=1S/C20H17ClN6S/c21-13-8-6-12(7-9-13)16-11-17(24-23-16)19-25-26-20(28)27(19)18-5-1-4-15-14(18)3-2-10-22-15/h1-10,16-17,23-24H,11H2,(H,26,28). The van der Waals surface area contributed by atoms with Crippen molar-refractivity contribution in [1.29, 1.82) is 0 Å². The monoisotopic (exact) mass is 408 g/mol. The number of benzene rings is 2. The molecule has 1 aliphatic rings. The highest BCUT2D eigenvalue weighted by atomic mass is 35.5. The molecule has 0 spiro atoms. The highest BCUT2D eigenvalue weighted by molar-refractivity contribution is 7.71. The van der Waals surface area contributed by atoms with E-state index in [4.69, 9.17) is 23.8 Å². The Morgan fingerprint density at radius 2 is 1.82 bits per heavy atom. The third-order valence-corrected chi connectivity index (χ3v) is 5.57. The van der Waals surface area contributed by atoms with Gasteiger partial charge >= 0.3 is 0 Å². The Bertz CT molecular complexity index is 1190. The number of hydrazine groups is 1. The summed E-state index contributed by atoms with van der Waals surface area (Å²) in [6, 6.07) is 18.1. The molecule has 1 aliphatic heterocycles. The van der Waals surface area contributed by atoms with Gasteiger partial charge in [0.05, 0.1) is 17.2 Å². The second kappa shape index (κ2) is 7.10. The molecule has 0 aliphatic carbocycles. The fourth-order valence-electron chi connectivity index (χ4n) is 3.70. The maximum atomic E-state index is 6.01. The fraction of sp³-hybridized carbons (Fsp3) is 0.150. The van der Waals surface area contributed by atoms with Crippen molar-refractivity contribution < 1.29 is 0 Å². The van der Waals surface area contributed by atoms with Crippen molar-refractivity contribution in [3.63, 3.8) is 0 Å². The zero-order valence-corrected chi connectivity index (χ0v) is 16.3. The molecule has 0 amide bonds. The van der Waals surface area contributed by atoms with Crippen LogP contribution in [0.2, 0.25) is 5.02 Å². The number of H-pyrrole nitrogens is 1. The fourth-order valence-corrected chi connectivity index (χ4v) is 4.06. The van der Waals surface area contributed by atoms with Gasteiger partial charge in [-0.3, -0.25) is 14.6 Å². The molecule has 2 aromatic heterocycles. The molecule has 6 nitrogen and oxygen atoms in total. The normalized spacial score (nSPS) is 19.3. The molecule has 3 N–H and O–H groups in total. The van der Waals surface area contributed by atoms with Gasteiger partial charge in [0, 0.05) is 22.6 Å². The van der Waals surface area contributed by atoms with Crippen LogP contribution in [-0.2, 0) is 0 Å². The van der Waals surface area contributed by atoms with Crippen LogP contribution in [0.5, 0.6) is 0 Å². The predicted octanol–water partition coefficient (Wildman–Crippen LogP) is 4.41. The highest BCUT2D eigenvalue weighted by Crippen LogP contribution is 2.32. The number of pyridine rings is 1. The number of fused-ring (bicyclic) bond motifs is 1. The summed E-state index contributed by atoms with van der Waals surface area (Å²) in [7, 11) is 0. The number of hydrogen-bond donors (Lipinski definition) is 3. The number of hydrogen-bond acceptors (Lipinski definition) is 5. The summed E-state index contributed by atoms with van der Waals surface area (Å²) in [5, 5.41) is 9.24. The first kappa shape index (κ1) is 17.5. The van der Waals surface area contributed by atoms with E-state index in [2.05, 4.69) is 26.0 Å². The van der Waals surface area contributed by atoms with Crippen molar-refractivity contribution in [2.24, 2.45) is 0 Å². The minimum absolute atomic E-state index is 0.000514. The van der Waals surface area contributed by atoms with Crippen LogP contribution >= 0.6 is 23.8 Å². The SMILES string of the molecule is S=c1[nH]nc(C2CC(c3ccc(Cl)cc3)NN2)n1-c1cccc2ncccc12. The van der Waals surface area contributed by atoms with Crippen LogP contribution in [0.4, 0.5) is 0 Å². The van der Waals surface area contributed by atoms with E-state index in [-0.39, 0.29) is 12.1 Å². The molecular formula is C20H17ClN6S. The van der Waals surface area contributed by atoms with Crippen LogP contribution in [0.3, 0.4) is 0 Å². The quantitative estimate of drug-likeness (QED) is 0.438. The minimum Gasteiger partial charge on any atom is -0.270 e. The molecule has 2 unspecified atom stereocenters. The number of halogens is 1. The third kappa shape index (κ3) is 3.02. The molecule has 2 atom stereocenters. The van der Waals surface area contributed by atoms with Crippen LogP contribution in [0.1, 0.15) is 29.9 Å². The Morgan fingerprint density at radius 1 is 1.00 bits per heavy atom. The number of aromatic amines is 1. The second-order valence-electron chi connectivity index (χ2n) is 6.75. The Hall–Kier alpha value is -2.58. The zero-order chi connectivity index (χ0) is 19.1. The van der Waals surface area contributed by atoms with E-state index in [1.54, 1.807) is 6.20 Å².